The molecule has 0 aliphatic rings. The van der Waals surface area contributed by atoms with E-state index in [1.165, 1.54) is 5.38 Å². The molecule has 1 aromatic heterocycles. The van der Waals surface area contributed by atoms with Crippen molar-refractivity contribution in [1.29, 1.82) is 0 Å². The summed E-state index contributed by atoms with van der Waals surface area (Å²) >= 11 is 0.828. The smallest absolute Gasteiger partial charge is 0.326 e. The lowest BCUT2D eigenvalue weighted by Gasteiger charge is -2.19. The lowest BCUT2D eigenvalue weighted by molar-refractivity contribution is -0.380. The molecule has 0 radical (unpaired) electrons. The Hall–Kier alpha value is -1.96. The van der Waals surface area contributed by atoms with Crippen LogP contribution in [0.2, 0.25) is 0 Å². The Morgan fingerprint density at radius 3 is 2.63 bits per heavy atom. The summed E-state index contributed by atoms with van der Waals surface area (Å²) in [5, 5.41) is 23.1. The molecule has 104 valence electrons. The van der Waals surface area contributed by atoms with Crippen LogP contribution in [0.15, 0.2) is 11.4 Å². The van der Waals surface area contributed by atoms with E-state index in [9.17, 15) is 19.7 Å². The molecule has 0 aliphatic carbocycles. The van der Waals surface area contributed by atoms with E-state index in [4.69, 9.17) is 5.11 Å². The van der Waals surface area contributed by atoms with Gasteiger partial charge in [-0.15, -0.1) is 0 Å². The van der Waals surface area contributed by atoms with Crippen molar-refractivity contribution < 1.29 is 19.6 Å². The van der Waals surface area contributed by atoms with E-state index < -0.39 is 22.8 Å². The van der Waals surface area contributed by atoms with Crippen molar-refractivity contribution in [1.82, 2.24) is 5.32 Å². The number of hydrogen-bond donors (Lipinski definition) is 2. The lowest BCUT2D eigenvalue weighted by Crippen LogP contribution is -2.44. The van der Waals surface area contributed by atoms with Crippen molar-refractivity contribution in [2.45, 2.75) is 26.3 Å². The molecule has 0 spiro atoms. The second-order valence-electron chi connectivity index (χ2n) is 4.11. The minimum Gasteiger partial charge on any atom is -0.480 e. The first kappa shape index (κ1) is 15.1. The summed E-state index contributed by atoms with van der Waals surface area (Å²) in [4.78, 5) is 32.8. The number of nitro groups is 1. The molecule has 2 atom stereocenters. The number of hydrogen-bond acceptors (Lipinski definition) is 5. The number of aliphatic carboxylic acids is 1. The molecular weight excluding hydrogens is 272 g/mol. The average Bonchev–Trinajstić information content (AvgIpc) is 2.84. The van der Waals surface area contributed by atoms with Crippen LogP contribution in [0.4, 0.5) is 5.00 Å². The summed E-state index contributed by atoms with van der Waals surface area (Å²) in [7, 11) is 0. The van der Waals surface area contributed by atoms with Gasteiger partial charge in [0, 0.05) is 11.4 Å². The van der Waals surface area contributed by atoms with Crippen LogP contribution in [0.1, 0.15) is 30.6 Å². The van der Waals surface area contributed by atoms with Gasteiger partial charge in [-0.3, -0.25) is 14.9 Å². The molecule has 0 saturated heterocycles. The minimum absolute atomic E-state index is 0.103. The van der Waals surface area contributed by atoms with Crippen molar-refractivity contribution in [3.63, 3.8) is 0 Å². The topological polar surface area (TPSA) is 110 Å². The van der Waals surface area contributed by atoms with Crippen LogP contribution in [-0.4, -0.2) is 27.9 Å². The van der Waals surface area contributed by atoms with Gasteiger partial charge in [0.2, 0.25) is 0 Å². The van der Waals surface area contributed by atoms with Crippen LogP contribution in [0.25, 0.3) is 0 Å². The third-order valence-electron chi connectivity index (χ3n) is 2.79. The third-order valence-corrected chi connectivity index (χ3v) is 3.67. The zero-order chi connectivity index (χ0) is 14.6. The Morgan fingerprint density at radius 1 is 1.58 bits per heavy atom. The van der Waals surface area contributed by atoms with E-state index in [1.807, 2.05) is 6.92 Å². The summed E-state index contributed by atoms with van der Waals surface area (Å²) in [6, 6.07) is 0.131. The predicted molar refractivity (Wildman–Crippen MR) is 69.3 cm³/mol. The molecule has 2 N–H and O–H groups in total. The van der Waals surface area contributed by atoms with Crippen LogP contribution < -0.4 is 5.32 Å². The fraction of sp³-hybridized carbons (Fsp3) is 0.455. The molecule has 8 heteroatoms. The second-order valence-corrected chi connectivity index (χ2v) is 5.00. The fourth-order valence-electron chi connectivity index (χ4n) is 1.45. The number of carbonyl (C=O) groups is 2. The number of thiophene rings is 1. The summed E-state index contributed by atoms with van der Waals surface area (Å²) < 4.78 is 0. The van der Waals surface area contributed by atoms with Crippen molar-refractivity contribution in [3.8, 4) is 0 Å². The number of nitrogens with zero attached hydrogens (tertiary/aromatic N) is 1. The van der Waals surface area contributed by atoms with E-state index in [2.05, 4.69) is 5.32 Å². The lowest BCUT2D eigenvalue weighted by atomic mass is 9.99. The molecule has 1 heterocycles. The first-order valence-corrected chi connectivity index (χ1v) is 6.51. The fourth-order valence-corrected chi connectivity index (χ4v) is 2.15. The quantitative estimate of drug-likeness (QED) is 0.613. The molecule has 0 aromatic carbocycles. The highest BCUT2D eigenvalue weighted by Gasteiger charge is 2.26. The molecule has 0 bridgehead atoms. The Balaban J connectivity index is 2.81. The van der Waals surface area contributed by atoms with Gasteiger partial charge in [0.05, 0.1) is 10.5 Å². The van der Waals surface area contributed by atoms with E-state index in [0.717, 1.165) is 17.4 Å². The molecule has 1 amide bonds. The zero-order valence-electron chi connectivity index (χ0n) is 10.5. The third kappa shape index (κ3) is 3.75. The number of rotatable bonds is 6. The van der Waals surface area contributed by atoms with E-state index in [-0.39, 0.29) is 16.5 Å². The molecule has 0 fully saturated rings. The van der Waals surface area contributed by atoms with Gasteiger partial charge in [-0.25, -0.2) is 4.79 Å². The summed E-state index contributed by atoms with van der Waals surface area (Å²) in [6.45, 7) is 3.54. The van der Waals surface area contributed by atoms with E-state index in [1.54, 1.807) is 6.92 Å². The molecule has 0 saturated carbocycles. The molecule has 0 aliphatic heterocycles. The number of nitrogens with one attached hydrogen (secondary N) is 1. The van der Waals surface area contributed by atoms with Crippen LogP contribution in [-0.2, 0) is 4.79 Å². The first-order chi connectivity index (χ1) is 8.86. The van der Waals surface area contributed by atoms with Crippen LogP contribution in [0, 0.1) is 16.0 Å². The van der Waals surface area contributed by atoms with Gasteiger partial charge in [0.1, 0.15) is 6.04 Å². The van der Waals surface area contributed by atoms with Gasteiger partial charge in [-0.1, -0.05) is 31.6 Å². The predicted octanol–water partition coefficient (Wildman–Crippen LogP) is 1.89. The van der Waals surface area contributed by atoms with Gasteiger partial charge in [0.15, 0.2) is 0 Å². The zero-order valence-corrected chi connectivity index (χ0v) is 11.3. The van der Waals surface area contributed by atoms with Gasteiger partial charge in [0.25, 0.3) is 5.91 Å². The Bertz CT molecular complexity index is 499. The molecule has 1 rings (SSSR count). The monoisotopic (exact) mass is 286 g/mol. The Labute approximate surface area is 113 Å². The van der Waals surface area contributed by atoms with Crippen LogP contribution in [0.5, 0.6) is 0 Å². The van der Waals surface area contributed by atoms with E-state index in [0.29, 0.717) is 6.42 Å². The van der Waals surface area contributed by atoms with Gasteiger partial charge in [-0.2, -0.15) is 0 Å². The largest absolute Gasteiger partial charge is 0.480 e. The Morgan fingerprint density at radius 2 is 2.21 bits per heavy atom. The minimum atomic E-state index is -1.12. The normalized spacial score (nSPS) is 13.6. The van der Waals surface area contributed by atoms with E-state index >= 15 is 0 Å². The summed E-state index contributed by atoms with van der Waals surface area (Å²) in [6.07, 6.45) is 0.598. The number of amides is 1. The summed E-state index contributed by atoms with van der Waals surface area (Å²) in [5.74, 6) is -1.96. The van der Waals surface area contributed by atoms with Crippen molar-refractivity contribution in [2.75, 3.05) is 0 Å². The highest BCUT2D eigenvalue weighted by atomic mass is 32.1. The van der Waals surface area contributed by atoms with Crippen molar-refractivity contribution in [3.05, 3.63) is 27.1 Å². The molecular formula is C11H14N2O5S. The second kappa shape index (κ2) is 6.28. The Kier molecular flexibility index (Phi) is 4.99. The van der Waals surface area contributed by atoms with Crippen LogP contribution >= 0.6 is 11.3 Å². The SMILES string of the molecule is CCC(C)[C@H](NC(=O)c1csc([N+](=O)[O-])c1)C(=O)O. The van der Waals surface area contributed by atoms with Gasteiger partial charge in [-0.05, 0) is 5.92 Å². The maximum absolute atomic E-state index is 11.8. The molecule has 7 nitrogen and oxygen atoms in total. The summed E-state index contributed by atoms with van der Waals surface area (Å²) in [5.41, 5.74) is 0.103. The van der Waals surface area contributed by atoms with Gasteiger partial charge < -0.3 is 10.4 Å². The van der Waals surface area contributed by atoms with Crippen molar-refractivity contribution in [2.24, 2.45) is 5.92 Å². The van der Waals surface area contributed by atoms with Crippen molar-refractivity contribution >= 4 is 28.2 Å². The highest BCUT2D eigenvalue weighted by molar-refractivity contribution is 7.13. The number of carboxylic acids is 1. The van der Waals surface area contributed by atoms with Gasteiger partial charge >= 0.3 is 11.0 Å². The number of carboxylic acid groups (broad SMARTS) is 1. The first-order valence-electron chi connectivity index (χ1n) is 5.63. The average molecular weight is 286 g/mol. The highest BCUT2D eigenvalue weighted by Crippen LogP contribution is 2.22. The molecule has 1 unspecified atom stereocenters. The molecule has 19 heavy (non-hydrogen) atoms. The van der Waals surface area contributed by atoms with Crippen LogP contribution in [0.3, 0.4) is 0 Å². The maximum Gasteiger partial charge on any atom is 0.326 e. The standard InChI is InChI=1S/C11H14N2O5S/c1-3-6(2)9(11(15)16)12-10(14)7-4-8(13(17)18)19-5-7/h4-6,9H,3H2,1-2H3,(H,12,14)(H,15,16)/t6?,9-/m0/s1. The number of carbonyl (C=O) groups excluding carboxylic acids is 1. The molecule has 1 aromatic rings. The maximum atomic E-state index is 11.8.